The fourth-order valence-corrected chi connectivity index (χ4v) is 3.92. The summed E-state index contributed by atoms with van der Waals surface area (Å²) < 4.78 is 0. The van der Waals surface area contributed by atoms with Gasteiger partial charge in [0.15, 0.2) is 5.96 Å². The van der Waals surface area contributed by atoms with Crippen LogP contribution in [0, 0.1) is 5.92 Å². The highest BCUT2D eigenvalue weighted by Crippen LogP contribution is 2.15. The molecule has 1 aliphatic rings. The number of carbonyl (C=O) groups excluding carboxylic acids is 4. The minimum Gasteiger partial charge on any atom is -0.370 e. The Hall–Kier alpha value is -3.63. The zero-order valence-electron chi connectivity index (χ0n) is 21.1. The first-order valence-corrected chi connectivity index (χ1v) is 12.5. The number of nitrogens with two attached hydrogens (primary N) is 2. The number of rotatable bonds is 6. The van der Waals surface area contributed by atoms with E-state index >= 15 is 0 Å². The summed E-state index contributed by atoms with van der Waals surface area (Å²) in [5.41, 5.74) is 11.4. The SMILES string of the molecule is CC[C@@H]1NC(=O)[C@H](CCCN=C(N)N)NC(=O)[C@@H](C)CCCCNC(=O)[C@@H](c2ccccc2)NC1=O. The van der Waals surface area contributed by atoms with Crippen LogP contribution in [-0.4, -0.2) is 54.8 Å². The quantitative estimate of drug-likeness (QED) is 0.184. The Bertz CT molecular complexity index is 918. The van der Waals surface area contributed by atoms with E-state index in [1.807, 2.05) is 6.07 Å². The molecule has 0 spiro atoms. The monoisotopic (exact) mass is 501 g/mol. The molecule has 2 rings (SSSR count). The zero-order chi connectivity index (χ0) is 26.5. The highest BCUT2D eigenvalue weighted by Gasteiger charge is 2.30. The molecule has 0 unspecified atom stereocenters. The van der Waals surface area contributed by atoms with Crippen LogP contribution in [0.1, 0.15) is 64.0 Å². The molecule has 36 heavy (non-hydrogen) atoms. The highest BCUT2D eigenvalue weighted by atomic mass is 16.2. The number of carbonyl (C=O) groups is 4. The van der Waals surface area contributed by atoms with Gasteiger partial charge in [-0.3, -0.25) is 24.2 Å². The van der Waals surface area contributed by atoms with Gasteiger partial charge in [-0.1, -0.05) is 50.6 Å². The largest absolute Gasteiger partial charge is 0.370 e. The molecule has 1 heterocycles. The third kappa shape index (κ3) is 9.20. The second-order valence-electron chi connectivity index (χ2n) is 9.02. The van der Waals surface area contributed by atoms with E-state index in [-0.39, 0.29) is 23.7 Å². The first-order chi connectivity index (χ1) is 17.2. The Kier molecular flexibility index (Phi) is 11.7. The lowest BCUT2D eigenvalue weighted by molar-refractivity contribution is -0.134. The van der Waals surface area contributed by atoms with Gasteiger partial charge in [0.2, 0.25) is 23.6 Å². The topological polar surface area (TPSA) is 181 Å². The maximum atomic E-state index is 13.1. The molecule has 1 fully saturated rings. The summed E-state index contributed by atoms with van der Waals surface area (Å²) in [6.45, 7) is 4.30. The fraction of sp³-hybridized carbons (Fsp3) is 0.560. The van der Waals surface area contributed by atoms with Crippen molar-refractivity contribution in [2.45, 2.75) is 70.5 Å². The Morgan fingerprint density at radius 2 is 1.58 bits per heavy atom. The molecule has 0 aromatic heterocycles. The van der Waals surface area contributed by atoms with E-state index < -0.39 is 29.9 Å². The summed E-state index contributed by atoms with van der Waals surface area (Å²) in [5.74, 6) is -1.89. The van der Waals surface area contributed by atoms with E-state index in [1.165, 1.54) is 0 Å². The predicted octanol–water partition coefficient (Wildman–Crippen LogP) is 0.213. The number of hydrogen-bond acceptors (Lipinski definition) is 5. The number of aliphatic imine (C=N–C) groups is 1. The Morgan fingerprint density at radius 3 is 2.25 bits per heavy atom. The van der Waals surface area contributed by atoms with Gasteiger partial charge in [-0.15, -0.1) is 0 Å². The summed E-state index contributed by atoms with van der Waals surface area (Å²) in [5, 5.41) is 11.2. The lowest BCUT2D eigenvalue weighted by atomic mass is 10.0. The molecule has 0 bridgehead atoms. The molecule has 1 saturated heterocycles. The average Bonchev–Trinajstić information content (AvgIpc) is 2.86. The minimum absolute atomic E-state index is 0.0465. The molecule has 11 heteroatoms. The molecule has 1 aromatic rings. The van der Waals surface area contributed by atoms with Crippen molar-refractivity contribution in [2.75, 3.05) is 13.1 Å². The van der Waals surface area contributed by atoms with Gasteiger partial charge in [-0.2, -0.15) is 0 Å². The number of amides is 4. The van der Waals surface area contributed by atoms with Crippen molar-refractivity contribution in [1.29, 1.82) is 0 Å². The molecule has 0 aliphatic carbocycles. The Morgan fingerprint density at radius 1 is 0.917 bits per heavy atom. The smallest absolute Gasteiger partial charge is 0.247 e. The third-order valence-corrected chi connectivity index (χ3v) is 6.11. The lowest BCUT2D eigenvalue weighted by Gasteiger charge is -2.26. The van der Waals surface area contributed by atoms with Gasteiger partial charge in [-0.05, 0) is 37.7 Å². The average molecular weight is 502 g/mol. The standard InChI is InChI=1S/C25H39N7O4/c1-3-18-22(34)32-20(17-11-5-4-6-12-17)24(36)28-14-8-7-10-16(2)21(33)31-19(23(35)30-18)13-9-15-29-25(26)27/h4-6,11-12,16,18-20H,3,7-10,13-15H2,1-2H3,(H,28,36)(H,30,35)(H,31,33)(H,32,34)(H4,26,27,29)/t16-,18-,19-,20+/m0/s1. The van der Waals surface area contributed by atoms with Gasteiger partial charge in [0.1, 0.15) is 18.1 Å². The number of nitrogens with zero attached hydrogens (tertiary/aromatic N) is 1. The van der Waals surface area contributed by atoms with Gasteiger partial charge < -0.3 is 32.7 Å². The van der Waals surface area contributed by atoms with Crippen molar-refractivity contribution in [3.05, 3.63) is 35.9 Å². The van der Waals surface area contributed by atoms with Crippen LogP contribution in [-0.2, 0) is 19.2 Å². The molecule has 0 radical (unpaired) electrons. The van der Waals surface area contributed by atoms with Crippen molar-refractivity contribution in [3.63, 3.8) is 0 Å². The van der Waals surface area contributed by atoms with Gasteiger partial charge in [0.25, 0.3) is 0 Å². The molecule has 4 atom stereocenters. The van der Waals surface area contributed by atoms with Crippen molar-refractivity contribution in [1.82, 2.24) is 21.3 Å². The normalized spacial score (nSPS) is 24.6. The lowest BCUT2D eigenvalue weighted by Crippen LogP contribution is -2.55. The molecule has 1 aromatic carbocycles. The number of hydrogen-bond donors (Lipinski definition) is 6. The maximum absolute atomic E-state index is 13.1. The van der Waals surface area contributed by atoms with Gasteiger partial charge in [0.05, 0.1) is 0 Å². The van der Waals surface area contributed by atoms with E-state index in [9.17, 15) is 19.2 Å². The first-order valence-electron chi connectivity index (χ1n) is 12.5. The molecule has 11 nitrogen and oxygen atoms in total. The Labute approximate surface area is 212 Å². The predicted molar refractivity (Wildman–Crippen MR) is 137 cm³/mol. The van der Waals surface area contributed by atoms with Gasteiger partial charge in [0, 0.05) is 19.0 Å². The second kappa shape index (κ2) is 14.7. The number of nitrogens with one attached hydrogen (secondary N) is 4. The van der Waals surface area contributed by atoms with Gasteiger partial charge >= 0.3 is 0 Å². The van der Waals surface area contributed by atoms with Crippen LogP contribution in [0.2, 0.25) is 0 Å². The zero-order valence-corrected chi connectivity index (χ0v) is 21.1. The van der Waals surface area contributed by atoms with Crippen LogP contribution < -0.4 is 32.7 Å². The van der Waals surface area contributed by atoms with E-state index in [1.54, 1.807) is 38.1 Å². The summed E-state index contributed by atoms with van der Waals surface area (Å²) in [6.07, 6.45) is 3.07. The minimum atomic E-state index is -0.897. The van der Waals surface area contributed by atoms with Crippen molar-refractivity contribution < 1.29 is 19.2 Å². The summed E-state index contributed by atoms with van der Waals surface area (Å²) in [6, 6.07) is 6.32. The van der Waals surface area contributed by atoms with Crippen LogP contribution in [0.4, 0.5) is 0 Å². The first kappa shape index (κ1) is 28.6. The van der Waals surface area contributed by atoms with E-state index in [0.29, 0.717) is 50.8 Å². The highest BCUT2D eigenvalue weighted by molar-refractivity contribution is 5.94. The maximum Gasteiger partial charge on any atom is 0.247 e. The van der Waals surface area contributed by atoms with E-state index in [4.69, 9.17) is 11.5 Å². The molecule has 0 saturated carbocycles. The molecule has 198 valence electrons. The van der Waals surface area contributed by atoms with Crippen LogP contribution in [0.25, 0.3) is 0 Å². The Balaban J connectivity index is 2.26. The van der Waals surface area contributed by atoms with Crippen molar-refractivity contribution in [2.24, 2.45) is 22.4 Å². The van der Waals surface area contributed by atoms with Crippen LogP contribution >= 0.6 is 0 Å². The molecule has 8 N–H and O–H groups in total. The van der Waals surface area contributed by atoms with Crippen LogP contribution in [0.3, 0.4) is 0 Å². The van der Waals surface area contributed by atoms with E-state index in [0.717, 1.165) is 6.42 Å². The second-order valence-corrected chi connectivity index (χ2v) is 9.02. The molecule has 1 aliphatic heterocycles. The summed E-state index contributed by atoms with van der Waals surface area (Å²) >= 11 is 0. The number of guanidine groups is 1. The molecular weight excluding hydrogens is 462 g/mol. The fourth-order valence-electron chi connectivity index (χ4n) is 3.92. The summed E-state index contributed by atoms with van der Waals surface area (Å²) in [4.78, 5) is 55.9. The van der Waals surface area contributed by atoms with Gasteiger partial charge in [-0.25, -0.2) is 0 Å². The van der Waals surface area contributed by atoms with Crippen LogP contribution in [0.5, 0.6) is 0 Å². The third-order valence-electron chi connectivity index (χ3n) is 6.11. The van der Waals surface area contributed by atoms with Crippen molar-refractivity contribution >= 4 is 29.6 Å². The number of benzene rings is 1. The van der Waals surface area contributed by atoms with Crippen molar-refractivity contribution in [3.8, 4) is 0 Å². The summed E-state index contributed by atoms with van der Waals surface area (Å²) in [7, 11) is 0. The van der Waals surface area contributed by atoms with E-state index in [2.05, 4.69) is 26.3 Å². The van der Waals surface area contributed by atoms with Crippen LogP contribution in [0.15, 0.2) is 35.3 Å². The molecular formula is C25H39N7O4. The molecule has 4 amide bonds.